The molecule has 0 heterocycles. The Morgan fingerprint density at radius 1 is 1.17 bits per heavy atom. The van der Waals surface area contributed by atoms with E-state index >= 15 is 0 Å². The highest BCUT2D eigenvalue weighted by Gasteiger charge is 2.39. The van der Waals surface area contributed by atoms with Gasteiger partial charge in [0, 0.05) is 12.1 Å². The largest absolute Gasteiger partial charge is 0.483 e. The molecular formula is C20H30N2O2. The first-order chi connectivity index (χ1) is 11.4. The van der Waals surface area contributed by atoms with Crippen molar-refractivity contribution in [3.8, 4) is 5.75 Å². The highest BCUT2D eigenvalue weighted by atomic mass is 16.5. The molecule has 2 aliphatic rings. The van der Waals surface area contributed by atoms with Crippen LogP contribution in [0.25, 0.3) is 0 Å². The molecule has 132 valence electrons. The van der Waals surface area contributed by atoms with E-state index in [9.17, 15) is 4.79 Å². The van der Waals surface area contributed by atoms with E-state index in [1.807, 2.05) is 13.8 Å². The summed E-state index contributed by atoms with van der Waals surface area (Å²) in [6.45, 7) is 6.22. The molecule has 3 N–H and O–H groups in total. The molecule has 24 heavy (non-hydrogen) atoms. The van der Waals surface area contributed by atoms with Crippen molar-refractivity contribution in [2.45, 2.75) is 65.0 Å². The first-order valence-electron chi connectivity index (χ1n) is 9.19. The van der Waals surface area contributed by atoms with E-state index in [4.69, 9.17) is 10.5 Å². The Labute approximate surface area is 145 Å². The number of amides is 1. The summed E-state index contributed by atoms with van der Waals surface area (Å²) in [7, 11) is 0. The number of nitrogens with two attached hydrogens (primary N) is 1. The predicted octanol–water partition coefficient (Wildman–Crippen LogP) is 3.01. The molecule has 4 nitrogen and oxygen atoms in total. The lowest BCUT2D eigenvalue weighted by Crippen LogP contribution is -2.54. The highest BCUT2D eigenvalue weighted by Crippen LogP contribution is 2.39. The van der Waals surface area contributed by atoms with Crippen LogP contribution in [0, 0.1) is 32.6 Å². The van der Waals surface area contributed by atoms with Gasteiger partial charge in [-0.3, -0.25) is 4.79 Å². The summed E-state index contributed by atoms with van der Waals surface area (Å²) in [5.41, 5.74) is 9.54. The molecule has 0 saturated heterocycles. The second-order valence-electron chi connectivity index (χ2n) is 7.79. The number of carbonyl (C=O) groups is 1. The number of carbonyl (C=O) groups excluding carboxylic acids is 1. The summed E-state index contributed by atoms with van der Waals surface area (Å²) in [5, 5.41) is 3.24. The van der Waals surface area contributed by atoms with Gasteiger partial charge in [0.2, 0.25) is 0 Å². The van der Waals surface area contributed by atoms with Gasteiger partial charge in [-0.1, -0.05) is 24.1 Å². The molecule has 2 bridgehead atoms. The maximum absolute atomic E-state index is 12.4. The molecule has 0 radical (unpaired) electrons. The van der Waals surface area contributed by atoms with Crippen LogP contribution in [0.1, 0.15) is 48.8 Å². The van der Waals surface area contributed by atoms with Crippen molar-refractivity contribution in [3.05, 3.63) is 28.8 Å². The van der Waals surface area contributed by atoms with Gasteiger partial charge in [-0.05, 0) is 69.4 Å². The Hall–Kier alpha value is -1.55. The quantitative estimate of drug-likeness (QED) is 0.892. The average molecular weight is 330 g/mol. The zero-order valence-electron chi connectivity index (χ0n) is 15.1. The van der Waals surface area contributed by atoms with Crippen molar-refractivity contribution in [2.24, 2.45) is 17.6 Å². The van der Waals surface area contributed by atoms with Gasteiger partial charge in [-0.2, -0.15) is 0 Å². The van der Waals surface area contributed by atoms with Crippen LogP contribution in [-0.2, 0) is 4.79 Å². The molecule has 2 fully saturated rings. The number of nitrogens with one attached hydrogen (secondary N) is 1. The maximum atomic E-state index is 12.4. The number of aryl methyl sites for hydroxylation is 3. The number of rotatable bonds is 4. The second kappa shape index (κ2) is 7.14. The van der Waals surface area contributed by atoms with Crippen LogP contribution >= 0.6 is 0 Å². The van der Waals surface area contributed by atoms with Crippen LogP contribution in [0.15, 0.2) is 12.1 Å². The zero-order chi connectivity index (χ0) is 17.3. The van der Waals surface area contributed by atoms with E-state index in [2.05, 4.69) is 24.4 Å². The fourth-order valence-corrected chi connectivity index (χ4v) is 4.78. The molecule has 0 spiro atoms. The Kier molecular flexibility index (Phi) is 5.14. The smallest absolute Gasteiger partial charge is 0.258 e. The lowest BCUT2D eigenvalue weighted by atomic mass is 9.67. The van der Waals surface area contributed by atoms with E-state index < -0.39 is 0 Å². The molecule has 2 unspecified atom stereocenters. The van der Waals surface area contributed by atoms with Crippen LogP contribution in [0.3, 0.4) is 0 Å². The van der Waals surface area contributed by atoms with Crippen molar-refractivity contribution in [1.29, 1.82) is 0 Å². The molecule has 0 aromatic heterocycles. The molecular weight excluding hydrogens is 300 g/mol. The van der Waals surface area contributed by atoms with Crippen molar-refractivity contribution < 1.29 is 9.53 Å². The molecule has 1 aromatic carbocycles. The predicted molar refractivity (Wildman–Crippen MR) is 96.1 cm³/mol. The maximum Gasteiger partial charge on any atom is 0.258 e. The van der Waals surface area contributed by atoms with Gasteiger partial charge >= 0.3 is 0 Å². The summed E-state index contributed by atoms with van der Waals surface area (Å²) in [6, 6.07) is 4.78. The third-order valence-corrected chi connectivity index (χ3v) is 5.66. The van der Waals surface area contributed by atoms with E-state index in [-0.39, 0.29) is 18.6 Å². The fourth-order valence-electron chi connectivity index (χ4n) is 4.78. The van der Waals surface area contributed by atoms with Gasteiger partial charge in [-0.15, -0.1) is 0 Å². The number of hydrogen-bond acceptors (Lipinski definition) is 3. The van der Waals surface area contributed by atoms with Gasteiger partial charge in [0.1, 0.15) is 5.75 Å². The first kappa shape index (κ1) is 17.3. The van der Waals surface area contributed by atoms with E-state index in [0.29, 0.717) is 17.9 Å². The molecule has 4 heteroatoms. The van der Waals surface area contributed by atoms with E-state index in [0.717, 1.165) is 29.7 Å². The molecule has 2 saturated carbocycles. The summed E-state index contributed by atoms with van der Waals surface area (Å²) >= 11 is 0. The zero-order valence-corrected chi connectivity index (χ0v) is 15.1. The Morgan fingerprint density at radius 3 is 2.33 bits per heavy atom. The molecule has 1 aromatic rings. The topological polar surface area (TPSA) is 64.3 Å². The first-order valence-corrected chi connectivity index (χ1v) is 9.19. The van der Waals surface area contributed by atoms with Crippen LogP contribution in [0.2, 0.25) is 0 Å². The van der Waals surface area contributed by atoms with Crippen LogP contribution in [0.4, 0.5) is 0 Å². The summed E-state index contributed by atoms with van der Waals surface area (Å²) in [6.07, 6.45) is 5.72. The fraction of sp³-hybridized carbons (Fsp3) is 0.650. The van der Waals surface area contributed by atoms with Crippen molar-refractivity contribution >= 4 is 5.91 Å². The lowest BCUT2D eigenvalue weighted by molar-refractivity contribution is -0.125. The normalized spacial score (nSPS) is 29.2. The Bertz CT molecular complexity index is 577. The number of benzene rings is 1. The molecule has 3 rings (SSSR count). The van der Waals surface area contributed by atoms with Gasteiger partial charge in [0.25, 0.3) is 5.91 Å². The summed E-state index contributed by atoms with van der Waals surface area (Å²) in [4.78, 5) is 12.4. The minimum Gasteiger partial charge on any atom is -0.483 e. The van der Waals surface area contributed by atoms with Gasteiger partial charge in [-0.25, -0.2) is 0 Å². The minimum absolute atomic E-state index is 0.00764. The van der Waals surface area contributed by atoms with Crippen LogP contribution in [0.5, 0.6) is 5.75 Å². The summed E-state index contributed by atoms with van der Waals surface area (Å²) < 4.78 is 5.83. The third-order valence-electron chi connectivity index (χ3n) is 5.66. The molecule has 1 amide bonds. The van der Waals surface area contributed by atoms with Crippen LogP contribution < -0.4 is 15.8 Å². The van der Waals surface area contributed by atoms with Crippen molar-refractivity contribution in [3.63, 3.8) is 0 Å². The summed E-state index contributed by atoms with van der Waals surface area (Å²) in [5.74, 6) is 1.91. The second-order valence-corrected chi connectivity index (χ2v) is 7.79. The van der Waals surface area contributed by atoms with Gasteiger partial charge in [0.05, 0.1) is 0 Å². The van der Waals surface area contributed by atoms with Gasteiger partial charge in [0.15, 0.2) is 6.61 Å². The standard InChI is InChI=1S/C20H30N2O2/c1-12-7-13(2)20(14(3)8-12)24-11-18(23)22-19-15-5-4-6-16(19)10-17(21)9-15/h7-8,15-17,19H,4-6,9-11,21H2,1-3H3,(H,22,23). The number of ether oxygens (including phenoxy) is 1. The van der Waals surface area contributed by atoms with Crippen LogP contribution in [-0.4, -0.2) is 24.6 Å². The minimum atomic E-state index is -0.00764. The Balaban J connectivity index is 1.58. The van der Waals surface area contributed by atoms with E-state index in [1.54, 1.807) is 0 Å². The lowest BCUT2D eigenvalue weighted by Gasteiger charge is -2.45. The molecule has 2 atom stereocenters. The monoisotopic (exact) mass is 330 g/mol. The Morgan fingerprint density at radius 2 is 1.75 bits per heavy atom. The van der Waals surface area contributed by atoms with Crippen molar-refractivity contribution in [2.75, 3.05) is 6.61 Å². The highest BCUT2D eigenvalue weighted by molar-refractivity contribution is 5.78. The van der Waals surface area contributed by atoms with Gasteiger partial charge < -0.3 is 15.8 Å². The van der Waals surface area contributed by atoms with E-state index in [1.165, 1.54) is 24.8 Å². The van der Waals surface area contributed by atoms with Crippen molar-refractivity contribution in [1.82, 2.24) is 5.32 Å². The third kappa shape index (κ3) is 3.75. The number of hydrogen-bond donors (Lipinski definition) is 2. The molecule has 2 aliphatic carbocycles. The SMILES string of the molecule is Cc1cc(C)c(OCC(=O)NC2C3CCCC2CC(N)C3)c(C)c1. The average Bonchev–Trinajstić information content (AvgIpc) is 2.47. The molecule has 0 aliphatic heterocycles. The number of fused-ring (bicyclic) bond motifs is 2.